The Morgan fingerprint density at radius 2 is 2.11 bits per heavy atom. The zero-order chi connectivity index (χ0) is 13.7. The first kappa shape index (κ1) is 14.7. The SMILES string of the molecule is On1cc(Cl)cc(Cl)c1=NCCC[NH+]1CCOCC1. The molecule has 1 saturated heterocycles. The van der Waals surface area contributed by atoms with E-state index in [1.807, 2.05) is 0 Å². The van der Waals surface area contributed by atoms with Gasteiger partial charge in [-0.15, -0.1) is 0 Å². The number of pyridine rings is 1. The highest BCUT2D eigenvalue weighted by molar-refractivity contribution is 6.34. The fourth-order valence-electron chi connectivity index (χ4n) is 2.08. The van der Waals surface area contributed by atoms with E-state index in [1.165, 1.54) is 6.20 Å². The van der Waals surface area contributed by atoms with Crippen molar-refractivity contribution in [2.24, 2.45) is 4.99 Å². The maximum Gasteiger partial charge on any atom is 0.182 e. The third-order valence-electron chi connectivity index (χ3n) is 3.09. The smallest absolute Gasteiger partial charge is 0.182 e. The minimum absolute atomic E-state index is 0.350. The van der Waals surface area contributed by atoms with Crippen molar-refractivity contribution in [2.45, 2.75) is 6.42 Å². The van der Waals surface area contributed by atoms with Gasteiger partial charge in [0, 0.05) is 13.0 Å². The van der Waals surface area contributed by atoms with E-state index >= 15 is 0 Å². The van der Waals surface area contributed by atoms with Crippen LogP contribution >= 0.6 is 23.2 Å². The topological polar surface area (TPSA) is 51.2 Å². The lowest BCUT2D eigenvalue weighted by molar-refractivity contribution is -0.908. The molecule has 2 heterocycles. The Balaban J connectivity index is 1.88. The van der Waals surface area contributed by atoms with Crippen LogP contribution in [0.1, 0.15) is 6.42 Å². The fraction of sp³-hybridized carbons (Fsp3) is 0.583. The number of rotatable bonds is 4. The lowest BCUT2D eigenvalue weighted by Gasteiger charge is -2.23. The van der Waals surface area contributed by atoms with Gasteiger partial charge in [0.05, 0.1) is 36.0 Å². The van der Waals surface area contributed by atoms with Crippen molar-refractivity contribution in [2.75, 3.05) is 39.4 Å². The normalized spacial score (nSPS) is 17.9. The Bertz CT molecular complexity index is 458. The highest BCUT2D eigenvalue weighted by Crippen LogP contribution is 2.10. The van der Waals surface area contributed by atoms with Gasteiger partial charge in [0.2, 0.25) is 0 Å². The molecule has 19 heavy (non-hydrogen) atoms. The first-order valence-electron chi connectivity index (χ1n) is 6.35. The Hall–Kier alpha value is -0.750. The minimum Gasteiger partial charge on any atom is -0.427 e. The standard InChI is InChI=1S/C12H17Cl2N3O2/c13-10-8-11(14)12(17(18)9-10)15-2-1-3-16-4-6-19-7-5-16/h8-9,18H,1-7H2/p+1. The summed E-state index contributed by atoms with van der Waals surface area (Å²) in [7, 11) is 0. The van der Waals surface area contributed by atoms with E-state index in [-0.39, 0.29) is 0 Å². The second-order valence-corrected chi connectivity index (χ2v) is 5.37. The van der Waals surface area contributed by atoms with Gasteiger partial charge in [-0.2, -0.15) is 4.73 Å². The number of hydrogen-bond donors (Lipinski definition) is 2. The lowest BCUT2D eigenvalue weighted by atomic mass is 10.3. The molecule has 7 heteroatoms. The highest BCUT2D eigenvalue weighted by atomic mass is 35.5. The van der Waals surface area contributed by atoms with Crippen LogP contribution in [-0.2, 0) is 4.74 Å². The van der Waals surface area contributed by atoms with Crippen LogP contribution in [-0.4, -0.2) is 49.3 Å². The summed E-state index contributed by atoms with van der Waals surface area (Å²) in [6.07, 6.45) is 2.33. The van der Waals surface area contributed by atoms with Crippen LogP contribution in [0.3, 0.4) is 0 Å². The van der Waals surface area contributed by atoms with Crippen molar-refractivity contribution in [1.29, 1.82) is 0 Å². The van der Waals surface area contributed by atoms with Gasteiger partial charge in [-0.05, 0) is 6.07 Å². The predicted molar refractivity (Wildman–Crippen MR) is 73.1 cm³/mol. The molecule has 2 rings (SSSR count). The van der Waals surface area contributed by atoms with Crippen LogP contribution in [0.2, 0.25) is 10.0 Å². The van der Waals surface area contributed by atoms with E-state index in [2.05, 4.69) is 4.99 Å². The number of nitrogens with one attached hydrogen (secondary N) is 1. The first-order chi connectivity index (χ1) is 9.16. The molecule has 0 bridgehead atoms. The van der Waals surface area contributed by atoms with Gasteiger partial charge in [0.25, 0.3) is 0 Å². The molecular formula is C12H18Cl2N3O2+. The molecule has 0 atom stereocenters. The Morgan fingerprint density at radius 1 is 1.37 bits per heavy atom. The summed E-state index contributed by atoms with van der Waals surface area (Å²) in [5, 5.41) is 10.4. The largest absolute Gasteiger partial charge is 0.427 e. The summed E-state index contributed by atoms with van der Waals surface area (Å²) >= 11 is 11.7. The van der Waals surface area contributed by atoms with Crippen molar-refractivity contribution in [3.63, 3.8) is 0 Å². The number of aromatic nitrogens is 1. The predicted octanol–water partition coefficient (Wildman–Crippen LogP) is 0.238. The summed E-state index contributed by atoms with van der Waals surface area (Å²) in [5.74, 6) is 0. The summed E-state index contributed by atoms with van der Waals surface area (Å²) in [5.41, 5.74) is 0.350. The first-order valence-corrected chi connectivity index (χ1v) is 7.11. The van der Waals surface area contributed by atoms with Gasteiger partial charge < -0.3 is 14.8 Å². The van der Waals surface area contributed by atoms with Crippen molar-refractivity contribution < 1.29 is 14.8 Å². The molecule has 0 aliphatic carbocycles. The molecule has 0 unspecified atom stereocenters. The summed E-state index contributed by atoms with van der Waals surface area (Å²) in [6, 6.07) is 1.57. The van der Waals surface area contributed by atoms with Crippen LogP contribution in [0.15, 0.2) is 17.3 Å². The summed E-state index contributed by atoms with van der Waals surface area (Å²) < 4.78 is 6.17. The lowest BCUT2D eigenvalue weighted by Crippen LogP contribution is -3.14. The molecule has 0 aromatic carbocycles. The van der Waals surface area contributed by atoms with E-state index in [1.54, 1.807) is 11.0 Å². The Labute approximate surface area is 122 Å². The van der Waals surface area contributed by atoms with E-state index in [4.69, 9.17) is 27.9 Å². The maximum atomic E-state index is 9.65. The zero-order valence-electron chi connectivity index (χ0n) is 10.6. The van der Waals surface area contributed by atoms with Crippen LogP contribution in [0.25, 0.3) is 0 Å². The number of morpholine rings is 1. The van der Waals surface area contributed by atoms with Gasteiger partial charge in [-0.1, -0.05) is 23.2 Å². The van der Waals surface area contributed by atoms with Gasteiger partial charge in [0.15, 0.2) is 5.49 Å². The molecule has 0 saturated carbocycles. The van der Waals surface area contributed by atoms with Crippen LogP contribution in [0, 0.1) is 0 Å². The van der Waals surface area contributed by atoms with Crippen molar-refractivity contribution >= 4 is 23.2 Å². The molecule has 0 amide bonds. The van der Waals surface area contributed by atoms with Gasteiger partial charge in [-0.25, -0.2) is 0 Å². The average molecular weight is 307 g/mol. The third-order valence-corrected chi connectivity index (χ3v) is 3.58. The monoisotopic (exact) mass is 306 g/mol. The van der Waals surface area contributed by atoms with Crippen molar-refractivity contribution in [3.05, 3.63) is 27.8 Å². The van der Waals surface area contributed by atoms with Gasteiger partial charge >= 0.3 is 0 Å². The second kappa shape index (κ2) is 7.14. The van der Waals surface area contributed by atoms with Crippen LogP contribution in [0.4, 0.5) is 0 Å². The minimum atomic E-state index is 0.350. The molecule has 0 spiro atoms. The fourth-order valence-corrected chi connectivity index (χ4v) is 2.60. The number of ether oxygens (including phenoxy) is 1. The zero-order valence-corrected chi connectivity index (χ0v) is 12.1. The molecule has 1 fully saturated rings. The molecule has 1 aliphatic rings. The third kappa shape index (κ3) is 4.38. The van der Waals surface area contributed by atoms with Crippen LogP contribution < -0.4 is 10.4 Å². The molecule has 0 radical (unpaired) electrons. The number of halogens is 2. The van der Waals surface area contributed by atoms with Gasteiger partial charge in [0.1, 0.15) is 13.1 Å². The maximum absolute atomic E-state index is 9.65. The van der Waals surface area contributed by atoms with Crippen molar-refractivity contribution in [1.82, 2.24) is 4.73 Å². The average Bonchev–Trinajstić information content (AvgIpc) is 2.38. The highest BCUT2D eigenvalue weighted by Gasteiger charge is 2.12. The summed E-state index contributed by atoms with van der Waals surface area (Å²) in [6.45, 7) is 5.48. The van der Waals surface area contributed by atoms with Crippen molar-refractivity contribution in [3.8, 4) is 0 Å². The molecular weight excluding hydrogens is 289 g/mol. The molecule has 1 aromatic rings. The van der Waals surface area contributed by atoms with Gasteiger partial charge in [-0.3, -0.25) is 4.99 Å². The number of nitrogens with zero attached hydrogens (tertiary/aromatic N) is 2. The second-order valence-electron chi connectivity index (χ2n) is 4.52. The Kier molecular flexibility index (Phi) is 5.51. The molecule has 1 aliphatic heterocycles. The summed E-state index contributed by atoms with van der Waals surface area (Å²) in [4.78, 5) is 5.85. The van der Waals surface area contributed by atoms with E-state index in [0.717, 1.165) is 44.0 Å². The molecule has 106 valence electrons. The number of quaternary nitrogens is 1. The Morgan fingerprint density at radius 3 is 2.79 bits per heavy atom. The molecule has 2 N–H and O–H groups in total. The quantitative estimate of drug-likeness (QED) is 0.618. The van der Waals surface area contributed by atoms with E-state index in [9.17, 15) is 5.21 Å². The molecule has 5 nitrogen and oxygen atoms in total. The molecule has 1 aromatic heterocycles. The van der Waals surface area contributed by atoms with Crippen LogP contribution in [0.5, 0.6) is 0 Å². The van der Waals surface area contributed by atoms with E-state index < -0.39 is 0 Å². The van der Waals surface area contributed by atoms with E-state index in [0.29, 0.717) is 22.1 Å². The number of hydrogen-bond acceptors (Lipinski definition) is 3.